The summed E-state index contributed by atoms with van der Waals surface area (Å²) >= 11 is 5.19. The Hall–Kier alpha value is -3.13. The molecule has 1 aromatic heterocycles. The van der Waals surface area contributed by atoms with Crippen LogP contribution >= 0.6 is 12.2 Å². The van der Waals surface area contributed by atoms with E-state index >= 15 is 0 Å². The second-order valence-electron chi connectivity index (χ2n) is 5.73. The van der Waals surface area contributed by atoms with Crippen LogP contribution < -0.4 is 19.7 Å². The first kappa shape index (κ1) is 16.3. The molecular weight excluding hydrogens is 356 g/mol. The molecule has 0 atom stereocenters. The molecule has 1 aromatic carbocycles. The van der Waals surface area contributed by atoms with Gasteiger partial charge >= 0.3 is 0 Å². The van der Waals surface area contributed by atoms with Crippen molar-refractivity contribution in [3.8, 4) is 11.5 Å². The van der Waals surface area contributed by atoms with Crippen LogP contribution in [0.15, 0.2) is 40.3 Å². The molecule has 2 aliphatic rings. The third-order valence-electron chi connectivity index (χ3n) is 3.93. The zero-order valence-corrected chi connectivity index (χ0v) is 14.6. The van der Waals surface area contributed by atoms with Crippen LogP contribution in [0, 0.1) is 6.92 Å². The summed E-state index contributed by atoms with van der Waals surface area (Å²) in [6.07, 6.45) is 1.40. The van der Waals surface area contributed by atoms with Crippen LogP contribution in [0.5, 0.6) is 11.5 Å². The quantitative estimate of drug-likeness (QED) is 0.496. The maximum Gasteiger partial charge on any atom is 0.270 e. The van der Waals surface area contributed by atoms with Crippen molar-refractivity contribution in [2.75, 3.05) is 18.1 Å². The minimum Gasteiger partial charge on any atom is -0.486 e. The number of nitrogens with one attached hydrogen (secondary N) is 1. The van der Waals surface area contributed by atoms with Gasteiger partial charge in [0.1, 0.15) is 30.3 Å². The van der Waals surface area contributed by atoms with Gasteiger partial charge in [-0.1, -0.05) is 0 Å². The Kier molecular flexibility index (Phi) is 3.96. The van der Waals surface area contributed by atoms with Gasteiger partial charge < -0.3 is 13.9 Å². The number of hydrogen-bond acceptors (Lipinski definition) is 6. The van der Waals surface area contributed by atoms with Gasteiger partial charge in [0.2, 0.25) is 0 Å². The average molecular weight is 370 g/mol. The van der Waals surface area contributed by atoms with Gasteiger partial charge in [0.15, 0.2) is 16.6 Å². The first-order valence-corrected chi connectivity index (χ1v) is 8.31. The molecular formula is C18H14N2O5S. The van der Waals surface area contributed by atoms with Gasteiger partial charge in [-0.15, -0.1) is 0 Å². The molecule has 8 heteroatoms. The van der Waals surface area contributed by atoms with E-state index in [1.165, 1.54) is 11.0 Å². The molecule has 0 unspecified atom stereocenters. The lowest BCUT2D eigenvalue weighted by Crippen LogP contribution is -2.54. The first-order valence-electron chi connectivity index (χ1n) is 7.90. The van der Waals surface area contributed by atoms with E-state index in [9.17, 15) is 9.59 Å². The molecule has 1 saturated heterocycles. The van der Waals surface area contributed by atoms with Crippen LogP contribution in [0.25, 0.3) is 6.08 Å². The fourth-order valence-corrected chi connectivity index (χ4v) is 3.02. The van der Waals surface area contributed by atoms with Gasteiger partial charge in [0.25, 0.3) is 11.8 Å². The van der Waals surface area contributed by atoms with Gasteiger partial charge in [-0.05, 0) is 49.5 Å². The van der Waals surface area contributed by atoms with Crippen LogP contribution in [-0.4, -0.2) is 30.1 Å². The fourth-order valence-electron chi connectivity index (χ4n) is 2.74. The smallest absolute Gasteiger partial charge is 0.270 e. The molecule has 0 bridgehead atoms. The zero-order valence-electron chi connectivity index (χ0n) is 13.8. The van der Waals surface area contributed by atoms with Crippen molar-refractivity contribution in [1.29, 1.82) is 0 Å². The van der Waals surface area contributed by atoms with E-state index in [2.05, 4.69) is 5.32 Å². The first-order chi connectivity index (χ1) is 12.5. The average Bonchev–Trinajstić information content (AvgIpc) is 3.03. The SMILES string of the molecule is Cc1ccc(/C=C2/C(=O)NC(=S)N(c3ccc4c(c3)OCCO4)C2=O)o1. The highest BCUT2D eigenvalue weighted by Crippen LogP contribution is 2.35. The fraction of sp³-hybridized carbons (Fsp3) is 0.167. The van der Waals surface area contributed by atoms with Crippen molar-refractivity contribution in [1.82, 2.24) is 5.32 Å². The van der Waals surface area contributed by atoms with E-state index in [-0.39, 0.29) is 10.7 Å². The molecule has 1 fully saturated rings. The summed E-state index contributed by atoms with van der Waals surface area (Å²) in [7, 11) is 0. The number of amides is 2. The lowest BCUT2D eigenvalue weighted by molar-refractivity contribution is -0.122. The lowest BCUT2D eigenvalue weighted by Gasteiger charge is -2.29. The number of carbonyl (C=O) groups is 2. The Labute approximate surface area is 154 Å². The highest BCUT2D eigenvalue weighted by atomic mass is 32.1. The summed E-state index contributed by atoms with van der Waals surface area (Å²) < 4.78 is 16.5. The molecule has 2 aromatic rings. The predicted molar refractivity (Wildman–Crippen MR) is 97.1 cm³/mol. The van der Waals surface area contributed by atoms with Crippen molar-refractivity contribution in [2.45, 2.75) is 6.92 Å². The van der Waals surface area contributed by atoms with Crippen molar-refractivity contribution < 1.29 is 23.5 Å². The Balaban J connectivity index is 1.71. The number of ether oxygens (including phenoxy) is 2. The van der Waals surface area contributed by atoms with E-state index in [0.717, 1.165) is 0 Å². The summed E-state index contributed by atoms with van der Waals surface area (Å²) in [6, 6.07) is 8.48. The molecule has 0 radical (unpaired) electrons. The van der Waals surface area contributed by atoms with Crippen LogP contribution in [0.3, 0.4) is 0 Å². The summed E-state index contributed by atoms with van der Waals surface area (Å²) in [5.41, 5.74) is 0.411. The van der Waals surface area contributed by atoms with Gasteiger partial charge in [-0.25, -0.2) is 0 Å². The van der Waals surface area contributed by atoms with Gasteiger partial charge in [0.05, 0.1) is 5.69 Å². The largest absolute Gasteiger partial charge is 0.486 e. The Morgan fingerprint density at radius 2 is 1.88 bits per heavy atom. The third kappa shape index (κ3) is 2.84. The van der Waals surface area contributed by atoms with Crippen LogP contribution in [0.2, 0.25) is 0 Å². The molecule has 0 saturated carbocycles. The van der Waals surface area contributed by atoms with Crippen molar-refractivity contribution in [2.24, 2.45) is 0 Å². The number of aryl methyl sites for hydroxylation is 1. The Morgan fingerprint density at radius 1 is 1.12 bits per heavy atom. The molecule has 2 aliphatic heterocycles. The molecule has 1 N–H and O–H groups in total. The topological polar surface area (TPSA) is 81.0 Å². The molecule has 0 aliphatic carbocycles. The molecule has 132 valence electrons. The minimum absolute atomic E-state index is 0.00412. The maximum absolute atomic E-state index is 12.9. The standard InChI is InChI=1S/C18H14N2O5S/c1-10-2-4-12(25-10)9-13-16(21)19-18(26)20(17(13)22)11-3-5-14-15(8-11)24-7-6-23-14/h2-5,8-9H,6-7H2,1H3,(H,19,21,26)/b13-9-. The van der Waals surface area contributed by atoms with Crippen molar-refractivity contribution >= 4 is 40.9 Å². The second-order valence-corrected chi connectivity index (χ2v) is 6.12. The molecule has 0 spiro atoms. The summed E-state index contributed by atoms with van der Waals surface area (Å²) in [6.45, 7) is 2.68. The number of thiocarbonyl (C=S) groups is 1. The number of furan rings is 1. The Morgan fingerprint density at radius 3 is 2.62 bits per heavy atom. The number of rotatable bonds is 2. The number of nitrogens with zero attached hydrogens (tertiary/aromatic N) is 1. The van der Waals surface area contributed by atoms with Crippen molar-refractivity contribution in [3.05, 3.63) is 47.4 Å². The van der Waals surface area contributed by atoms with E-state index in [1.54, 1.807) is 37.3 Å². The highest BCUT2D eigenvalue weighted by Gasteiger charge is 2.35. The summed E-state index contributed by atoms with van der Waals surface area (Å²) in [5.74, 6) is 1.11. The molecule has 2 amide bonds. The zero-order chi connectivity index (χ0) is 18.3. The monoisotopic (exact) mass is 370 g/mol. The molecule has 3 heterocycles. The minimum atomic E-state index is -0.567. The lowest BCUT2D eigenvalue weighted by atomic mass is 10.1. The van der Waals surface area contributed by atoms with E-state index in [1.807, 2.05) is 0 Å². The van der Waals surface area contributed by atoms with Gasteiger partial charge in [0, 0.05) is 6.07 Å². The molecule has 26 heavy (non-hydrogen) atoms. The Bertz CT molecular complexity index is 962. The summed E-state index contributed by atoms with van der Waals surface area (Å²) in [4.78, 5) is 26.4. The number of fused-ring (bicyclic) bond motifs is 1. The summed E-state index contributed by atoms with van der Waals surface area (Å²) in [5, 5.41) is 2.54. The normalized spacial score (nSPS) is 18.3. The van der Waals surface area contributed by atoms with E-state index in [0.29, 0.717) is 41.9 Å². The van der Waals surface area contributed by atoms with Crippen LogP contribution in [0.1, 0.15) is 11.5 Å². The molecule has 7 nitrogen and oxygen atoms in total. The number of anilines is 1. The maximum atomic E-state index is 12.9. The van der Waals surface area contributed by atoms with Crippen LogP contribution in [-0.2, 0) is 9.59 Å². The number of benzene rings is 1. The van der Waals surface area contributed by atoms with Gasteiger partial charge in [-0.3, -0.25) is 19.8 Å². The van der Waals surface area contributed by atoms with Crippen molar-refractivity contribution in [3.63, 3.8) is 0 Å². The van der Waals surface area contributed by atoms with Gasteiger partial charge in [-0.2, -0.15) is 0 Å². The highest BCUT2D eigenvalue weighted by molar-refractivity contribution is 7.80. The van der Waals surface area contributed by atoms with Crippen LogP contribution in [0.4, 0.5) is 5.69 Å². The van der Waals surface area contributed by atoms with E-state index in [4.69, 9.17) is 26.1 Å². The number of hydrogen-bond donors (Lipinski definition) is 1. The third-order valence-corrected chi connectivity index (χ3v) is 4.22. The number of carbonyl (C=O) groups excluding carboxylic acids is 2. The second kappa shape index (κ2) is 6.30. The molecule has 4 rings (SSSR count). The predicted octanol–water partition coefficient (Wildman–Crippen LogP) is 2.19. The van der Waals surface area contributed by atoms with E-state index < -0.39 is 11.8 Å².